The SMILES string of the molecule is C=C(C)C[C@]1(CC)C=C(Cc2ccccc2)C(=O)O1. The maximum atomic E-state index is 12.0. The Labute approximate surface area is 114 Å². The van der Waals surface area contributed by atoms with E-state index in [0.717, 1.165) is 23.1 Å². The van der Waals surface area contributed by atoms with E-state index in [0.29, 0.717) is 12.8 Å². The maximum Gasteiger partial charge on any atom is 0.335 e. The predicted octanol–water partition coefficient (Wildman–Crippen LogP) is 3.83. The van der Waals surface area contributed by atoms with Crippen molar-refractivity contribution in [2.75, 3.05) is 0 Å². The van der Waals surface area contributed by atoms with Crippen molar-refractivity contribution in [2.24, 2.45) is 0 Å². The number of hydrogen-bond acceptors (Lipinski definition) is 2. The van der Waals surface area contributed by atoms with E-state index >= 15 is 0 Å². The Balaban J connectivity index is 2.20. The van der Waals surface area contributed by atoms with Crippen LogP contribution in [0.4, 0.5) is 0 Å². The van der Waals surface area contributed by atoms with Crippen LogP contribution in [-0.4, -0.2) is 11.6 Å². The summed E-state index contributed by atoms with van der Waals surface area (Å²) < 4.78 is 5.60. The molecule has 0 radical (unpaired) electrons. The van der Waals surface area contributed by atoms with E-state index in [4.69, 9.17) is 4.74 Å². The first-order chi connectivity index (χ1) is 9.04. The van der Waals surface area contributed by atoms with Crippen LogP contribution < -0.4 is 0 Å². The van der Waals surface area contributed by atoms with Crippen LogP contribution in [-0.2, 0) is 16.0 Å². The van der Waals surface area contributed by atoms with Crippen LogP contribution in [0.5, 0.6) is 0 Å². The highest BCUT2D eigenvalue weighted by molar-refractivity contribution is 5.92. The van der Waals surface area contributed by atoms with Gasteiger partial charge in [-0.1, -0.05) is 49.4 Å². The van der Waals surface area contributed by atoms with Crippen molar-refractivity contribution in [3.8, 4) is 0 Å². The molecule has 2 heteroatoms. The van der Waals surface area contributed by atoms with E-state index in [2.05, 4.69) is 6.58 Å². The largest absolute Gasteiger partial charge is 0.451 e. The van der Waals surface area contributed by atoms with E-state index in [-0.39, 0.29) is 5.97 Å². The molecule has 0 spiro atoms. The van der Waals surface area contributed by atoms with E-state index in [1.807, 2.05) is 50.3 Å². The number of benzene rings is 1. The molecule has 0 bridgehead atoms. The fourth-order valence-corrected chi connectivity index (χ4v) is 2.49. The molecular weight excluding hydrogens is 236 g/mol. The lowest BCUT2D eigenvalue weighted by Crippen LogP contribution is -2.27. The average molecular weight is 256 g/mol. The van der Waals surface area contributed by atoms with Gasteiger partial charge in [-0.05, 0) is 25.0 Å². The van der Waals surface area contributed by atoms with Gasteiger partial charge >= 0.3 is 5.97 Å². The Hall–Kier alpha value is -1.83. The fourth-order valence-electron chi connectivity index (χ4n) is 2.49. The molecule has 0 saturated carbocycles. The van der Waals surface area contributed by atoms with Crippen LogP contribution in [0.1, 0.15) is 32.3 Å². The minimum absolute atomic E-state index is 0.188. The topological polar surface area (TPSA) is 26.3 Å². The third-order valence-corrected chi connectivity index (χ3v) is 3.43. The Kier molecular flexibility index (Phi) is 3.89. The summed E-state index contributed by atoms with van der Waals surface area (Å²) in [4.78, 5) is 12.0. The minimum Gasteiger partial charge on any atom is -0.451 e. The molecule has 1 aromatic rings. The van der Waals surface area contributed by atoms with E-state index in [9.17, 15) is 4.79 Å². The second-order valence-electron chi connectivity index (χ2n) is 5.27. The van der Waals surface area contributed by atoms with Gasteiger partial charge in [0.15, 0.2) is 0 Å². The molecule has 1 atom stereocenters. The van der Waals surface area contributed by atoms with Gasteiger partial charge in [-0.15, -0.1) is 0 Å². The van der Waals surface area contributed by atoms with Gasteiger partial charge in [0.1, 0.15) is 5.60 Å². The molecule has 1 heterocycles. The first kappa shape index (κ1) is 13.6. The van der Waals surface area contributed by atoms with Crippen molar-refractivity contribution in [3.63, 3.8) is 0 Å². The molecule has 1 aliphatic heterocycles. The number of carbonyl (C=O) groups is 1. The first-order valence-corrected chi connectivity index (χ1v) is 6.68. The summed E-state index contributed by atoms with van der Waals surface area (Å²) in [5, 5.41) is 0. The third-order valence-electron chi connectivity index (χ3n) is 3.43. The highest BCUT2D eigenvalue weighted by atomic mass is 16.6. The van der Waals surface area contributed by atoms with Gasteiger partial charge in [-0.25, -0.2) is 4.79 Å². The van der Waals surface area contributed by atoms with E-state index < -0.39 is 5.60 Å². The zero-order valence-corrected chi connectivity index (χ0v) is 11.6. The van der Waals surface area contributed by atoms with Gasteiger partial charge in [0, 0.05) is 18.4 Å². The minimum atomic E-state index is -0.479. The Morgan fingerprint density at radius 1 is 1.32 bits per heavy atom. The molecule has 0 aromatic heterocycles. The summed E-state index contributed by atoms with van der Waals surface area (Å²) in [6.45, 7) is 7.93. The quantitative estimate of drug-likeness (QED) is 0.591. The number of cyclic esters (lactones) is 1. The van der Waals surface area contributed by atoms with Crippen molar-refractivity contribution in [3.05, 3.63) is 59.7 Å². The van der Waals surface area contributed by atoms with Crippen molar-refractivity contribution in [1.29, 1.82) is 0 Å². The standard InChI is InChI=1S/C17H20O2/c1-4-17(11-13(2)3)12-15(16(18)19-17)10-14-8-6-5-7-9-14/h5-9,12H,2,4,10-11H2,1,3H3/t17-/m1/s1. The number of hydrogen-bond donors (Lipinski definition) is 0. The molecule has 0 saturated heterocycles. The van der Waals surface area contributed by atoms with Gasteiger partial charge < -0.3 is 4.74 Å². The lowest BCUT2D eigenvalue weighted by Gasteiger charge is -2.24. The molecule has 1 aromatic carbocycles. The lowest BCUT2D eigenvalue weighted by molar-refractivity contribution is -0.146. The molecule has 2 nitrogen and oxygen atoms in total. The Morgan fingerprint density at radius 3 is 2.58 bits per heavy atom. The first-order valence-electron chi connectivity index (χ1n) is 6.68. The molecule has 0 unspecified atom stereocenters. The van der Waals surface area contributed by atoms with Gasteiger partial charge in [-0.3, -0.25) is 0 Å². The number of ether oxygens (including phenoxy) is 1. The monoisotopic (exact) mass is 256 g/mol. The molecule has 19 heavy (non-hydrogen) atoms. The Morgan fingerprint density at radius 2 is 2.00 bits per heavy atom. The molecule has 100 valence electrons. The summed E-state index contributed by atoms with van der Waals surface area (Å²) in [5.74, 6) is -0.188. The average Bonchev–Trinajstić information content (AvgIpc) is 2.67. The normalized spacial score (nSPS) is 22.0. The van der Waals surface area contributed by atoms with Crippen LogP contribution in [0.2, 0.25) is 0 Å². The zero-order chi connectivity index (χ0) is 13.9. The van der Waals surface area contributed by atoms with Crippen LogP contribution >= 0.6 is 0 Å². The highest BCUT2D eigenvalue weighted by Gasteiger charge is 2.38. The zero-order valence-electron chi connectivity index (χ0n) is 11.6. The summed E-state index contributed by atoms with van der Waals surface area (Å²) in [7, 11) is 0. The van der Waals surface area contributed by atoms with Crippen molar-refractivity contribution in [2.45, 2.75) is 38.7 Å². The summed E-state index contributed by atoms with van der Waals surface area (Å²) in [6.07, 6.45) is 4.12. The number of carbonyl (C=O) groups excluding carboxylic acids is 1. The van der Waals surface area contributed by atoms with Crippen molar-refractivity contribution < 1.29 is 9.53 Å². The molecule has 0 amide bonds. The predicted molar refractivity (Wildman–Crippen MR) is 76.8 cm³/mol. The van der Waals surface area contributed by atoms with Crippen LogP contribution in [0.15, 0.2) is 54.1 Å². The Bertz CT molecular complexity index is 513. The van der Waals surface area contributed by atoms with Crippen LogP contribution in [0.3, 0.4) is 0 Å². The second-order valence-corrected chi connectivity index (χ2v) is 5.27. The molecule has 0 N–H and O–H groups in total. The van der Waals surface area contributed by atoms with Gasteiger partial charge in [0.05, 0.1) is 0 Å². The third kappa shape index (κ3) is 3.14. The molecule has 0 fully saturated rings. The number of rotatable bonds is 5. The lowest BCUT2D eigenvalue weighted by atomic mass is 9.91. The fraction of sp³-hybridized carbons (Fsp3) is 0.353. The smallest absolute Gasteiger partial charge is 0.335 e. The molecule has 1 aliphatic rings. The van der Waals surface area contributed by atoms with Gasteiger partial charge in [0.25, 0.3) is 0 Å². The van der Waals surface area contributed by atoms with Crippen molar-refractivity contribution >= 4 is 5.97 Å². The summed E-state index contributed by atoms with van der Waals surface area (Å²) in [6, 6.07) is 9.99. The molecule has 2 rings (SSSR count). The second kappa shape index (κ2) is 5.43. The highest BCUT2D eigenvalue weighted by Crippen LogP contribution is 2.34. The van der Waals surface area contributed by atoms with Crippen molar-refractivity contribution in [1.82, 2.24) is 0 Å². The number of esters is 1. The molecule has 0 aliphatic carbocycles. The summed E-state index contributed by atoms with van der Waals surface area (Å²) >= 11 is 0. The van der Waals surface area contributed by atoms with E-state index in [1.54, 1.807) is 0 Å². The summed E-state index contributed by atoms with van der Waals surface area (Å²) in [5.41, 5.74) is 2.45. The van der Waals surface area contributed by atoms with Gasteiger partial charge in [0.2, 0.25) is 0 Å². The van der Waals surface area contributed by atoms with Crippen LogP contribution in [0.25, 0.3) is 0 Å². The van der Waals surface area contributed by atoms with Crippen LogP contribution in [0, 0.1) is 0 Å². The van der Waals surface area contributed by atoms with Gasteiger partial charge in [-0.2, -0.15) is 0 Å². The maximum absolute atomic E-state index is 12.0. The molecular formula is C17H20O2. The van der Waals surface area contributed by atoms with E-state index in [1.165, 1.54) is 0 Å².